The molecule has 8 nitrogen and oxygen atoms in total. The van der Waals surface area contributed by atoms with Gasteiger partial charge >= 0.3 is 12.1 Å². The largest absolute Gasteiger partial charge is 0.480 e. The van der Waals surface area contributed by atoms with E-state index in [9.17, 15) is 19.1 Å². The number of carboxylic acid groups (broad SMARTS) is 1. The zero-order valence-corrected chi connectivity index (χ0v) is 17.9. The van der Waals surface area contributed by atoms with E-state index in [-0.39, 0.29) is 18.9 Å². The minimum atomic E-state index is -1.12. The van der Waals surface area contributed by atoms with Crippen molar-refractivity contribution in [1.29, 1.82) is 0 Å². The van der Waals surface area contributed by atoms with Gasteiger partial charge in [-0.05, 0) is 62.7 Å². The number of pyridine rings is 1. The summed E-state index contributed by atoms with van der Waals surface area (Å²) in [6.07, 6.45) is 2.65. The quantitative estimate of drug-likeness (QED) is 0.660. The molecule has 0 aliphatic carbocycles. The molecular formula is C23H23FN4O4. The van der Waals surface area contributed by atoms with Crippen LogP contribution in [0.3, 0.4) is 0 Å². The number of fused-ring (bicyclic) bond motifs is 1. The molecule has 0 fully saturated rings. The van der Waals surface area contributed by atoms with E-state index in [2.05, 4.69) is 10.1 Å². The van der Waals surface area contributed by atoms with Gasteiger partial charge in [0.25, 0.3) is 0 Å². The molecule has 1 aliphatic heterocycles. The lowest BCUT2D eigenvalue weighted by Gasteiger charge is -2.33. The summed E-state index contributed by atoms with van der Waals surface area (Å²) in [7, 11) is 0. The Morgan fingerprint density at radius 3 is 2.34 bits per heavy atom. The molecule has 1 atom stereocenters. The molecule has 0 radical (unpaired) electrons. The molecule has 1 aliphatic rings. The lowest BCUT2D eigenvalue weighted by molar-refractivity contribution is -0.142. The fourth-order valence-corrected chi connectivity index (χ4v) is 3.69. The summed E-state index contributed by atoms with van der Waals surface area (Å²) >= 11 is 0. The van der Waals surface area contributed by atoms with Crippen molar-refractivity contribution in [1.82, 2.24) is 19.7 Å². The van der Waals surface area contributed by atoms with Crippen molar-refractivity contribution >= 4 is 12.1 Å². The number of benzene rings is 1. The normalized spacial score (nSPS) is 15.9. The van der Waals surface area contributed by atoms with Gasteiger partial charge in [-0.1, -0.05) is 0 Å². The van der Waals surface area contributed by atoms with E-state index in [1.54, 1.807) is 57.4 Å². The predicted molar refractivity (Wildman–Crippen MR) is 114 cm³/mol. The standard InChI is InChI=1S/C23H23FN4O4/c1-23(2,3)32-22(31)27-12-17-19(14-8-10-25-11-9-14)20(15-4-6-16(24)7-5-15)26-28(17)18(13-27)21(29)30/h4-11,18H,12-13H2,1-3H3,(H,29,30)/t18-/m1/s1. The molecular weight excluding hydrogens is 415 g/mol. The van der Waals surface area contributed by atoms with Gasteiger partial charge in [0.2, 0.25) is 0 Å². The Morgan fingerprint density at radius 1 is 1.09 bits per heavy atom. The van der Waals surface area contributed by atoms with Crippen LogP contribution in [0.15, 0.2) is 48.8 Å². The van der Waals surface area contributed by atoms with Crippen LogP contribution in [0.1, 0.15) is 32.5 Å². The van der Waals surface area contributed by atoms with E-state index in [1.165, 1.54) is 21.7 Å². The third-order valence-electron chi connectivity index (χ3n) is 5.06. The highest BCUT2D eigenvalue weighted by atomic mass is 19.1. The van der Waals surface area contributed by atoms with Crippen molar-refractivity contribution in [3.05, 3.63) is 60.3 Å². The number of ether oxygens (including phenoxy) is 1. The van der Waals surface area contributed by atoms with E-state index in [0.29, 0.717) is 22.5 Å². The zero-order valence-electron chi connectivity index (χ0n) is 17.9. The Bertz CT molecular complexity index is 1150. The number of aromatic nitrogens is 3. The number of carboxylic acids is 1. The van der Waals surface area contributed by atoms with Crippen molar-refractivity contribution in [2.24, 2.45) is 0 Å². The van der Waals surface area contributed by atoms with E-state index in [4.69, 9.17) is 4.74 Å². The number of rotatable bonds is 3. The molecule has 0 saturated heterocycles. The van der Waals surface area contributed by atoms with Crippen LogP contribution in [-0.2, 0) is 16.1 Å². The van der Waals surface area contributed by atoms with Gasteiger partial charge in [-0.25, -0.2) is 14.0 Å². The average Bonchev–Trinajstić information content (AvgIpc) is 3.12. The molecule has 32 heavy (non-hydrogen) atoms. The van der Waals surface area contributed by atoms with Gasteiger partial charge in [-0.15, -0.1) is 0 Å². The van der Waals surface area contributed by atoms with E-state index < -0.39 is 23.7 Å². The first-order chi connectivity index (χ1) is 15.1. The molecule has 1 N–H and O–H groups in total. The van der Waals surface area contributed by atoms with E-state index >= 15 is 0 Å². The lowest BCUT2D eigenvalue weighted by Crippen LogP contribution is -2.45. The monoisotopic (exact) mass is 438 g/mol. The van der Waals surface area contributed by atoms with Crippen LogP contribution < -0.4 is 0 Å². The average molecular weight is 438 g/mol. The highest BCUT2D eigenvalue weighted by molar-refractivity contribution is 5.84. The first-order valence-corrected chi connectivity index (χ1v) is 10.1. The van der Waals surface area contributed by atoms with Crippen LogP contribution in [0.25, 0.3) is 22.4 Å². The summed E-state index contributed by atoms with van der Waals surface area (Å²) in [6, 6.07) is 8.31. The maximum atomic E-state index is 13.5. The summed E-state index contributed by atoms with van der Waals surface area (Å²) in [6.45, 7) is 5.29. The Hall–Kier alpha value is -3.75. The second kappa shape index (κ2) is 8.07. The zero-order chi connectivity index (χ0) is 23.0. The van der Waals surface area contributed by atoms with Crippen molar-refractivity contribution in [2.45, 2.75) is 39.0 Å². The Kier molecular flexibility index (Phi) is 5.41. The number of nitrogens with zero attached hydrogens (tertiary/aromatic N) is 4. The van der Waals surface area contributed by atoms with Crippen molar-refractivity contribution in [2.75, 3.05) is 6.54 Å². The summed E-state index contributed by atoms with van der Waals surface area (Å²) in [4.78, 5) is 30.3. The number of hydrogen-bond acceptors (Lipinski definition) is 5. The maximum absolute atomic E-state index is 13.5. The third kappa shape index (κ3) is 4.18. The molecule has 0 spiro atoms. The van der Waals surface area contributed by atoms with Crippen molar-refractivity contribution in [3.63, 3.8) is 0 Å². The van der Waals surface area contributed by atoms with Crippen LogP contribution in [0.4, 0.5) is 9.18 Å². The van der Waals surface area contributed by atoms with Gasteiger partial charge in [0.05, 0.1) is 18.8 Å². The van der Waals surface area contributed by atoms with Gasteiger partial charge in [0, 0.05) is 23.5 Å². The number of carbonyl (C=O) groups excluding carboxylic acids is 1. The molecule has 166 valence electrons. The Morgan fingerprint density at radius 2 is 1.75 bits per heavy atom. The number of amides is 1. The van der Waals surface area contributed by atoms with Crippen LogP contribution in [0.2, 0.25) is 0 Å². The summed E-state index contributed by atoms with van der Waals surface area (Å²) in [5.41, 5.74) is 2.40. The Balaban J connectivity index is 1.88. The smallest absolute Gasteiger partial charge is 0.410 e. The second-order valence-corrected chi connectivity index (χ2v) is 8.57. The van der Waals surface area contributed by atoms with Crippen molar-refractivity contribution in [3.8, 4) is 22.4 Å². The SMILES string of the molecule is CC(C)(C)OC(=O)N1Cc2c(-c3ccncc3)c(-c3ccc(F)cc3)nn2[C@@H](C(=O)O)C1. The van der Waals surface area contributed by atoms with Gasteiger partial charge in [-0.3, -0.25) is 14.6 Å². The first-order valence-electron chi connectivity index (χ1n) is 10.1. The van der Waals surface area contributed by atoms with Crippen LogP contribution >= 0.6 is 0 Å². The number of aliphatic carboxylic acids is 1. The molecule has 0 bridgehead atoms. The molecule has 1 aromatic carbocycles. The van der Waals surface area contributed by atoms with Crippen LogP contribution in [0.5, 0.6) is 0 Å². The predicted octanol–water partition coefficient (Wildman–Crippen LogP) is 4.13. The number of hydrogen-bond donors (Lipinski definition) is 1. The molecule has 3 heterocycles. The van der Waals surface area contributed by atoms with Crippen LogP contribution in [0, 0.1) is 5.82 Å². The van der Waals surface area contributed by atoms with Crippen molar-refractivity contribution < 1.29 is 23.8 Å². The van der Waals surface area contributed by atoms with Crippen LogP contribution in [-0.4, -0.2) is 49.0 Å². The topological polar surface area (TPSA) is 97.5 Å². The number of carbonyl (C=O) groups is 2. The molecule has 9 heteroatoms. The molecule has 4 rings (SSSR count). The summed E-state index contributed by atoms with van der Waals surface area (Å²) in [5.74, 6) is -1.50. The van der Waals surface area contributed by atoms with Gasteiger partial charge in [0.15, 0.2) is 6.04 Å². The molecule has 3 aromatic rings. The molecule has 0 unspecified atom stereocenters. The highest BCUT2D eigenvalue weighted by Gasteiger charge is 2.38. The minimum absolute atomic E-state index is 0.0857. The molecule has 0 saturated carbocycles. The summed E-state index contributed by atoms with van der Waals surface area (Å²) in [5, 5.41) is 14.5. The van der Waals surface area contributed by atoms with E-state index in [0.717, 1.165) is 5.56 Å². The summed E-state index contributed by atoms with van der Waals surface area (Å²) < 4.78 is 20.5. The highest BCUT2D eigenvalue weighted by Crippen LogP contribution is 2.38. The Labute approximate surface area is 184 Å². The minimum Gasteiger partial charge on any atom is -0.480 e. The van der Waals surface area contributed by atoms with E-state index in [1.807, 2.05) is 0 Å². The second-order valence-electron chi connectivity index (χ2n) is 8.57. The molecule has 2 aromatic heterocycles. The fraction of sp³-hybridized carbons (Fsp3) is 0.304. The third-order valence-corrected chi connectivity index (χ3v) is 5.06. The fourth-order valence-electron chi connectivity index (χ4n) is 3.69. The van der Waals surface area contributed by atoms with Gasteiger partial charge in [0.1, 0.15) is 17.1 Å². The maximum Gasteiger partial charge on any atom is 0.410 e. The lowest BCUT2D eigenvalue weighted by atomic mass is 9.98. The van der Waals surface area contributed by atoms with Gasteiger partial charge < -0.3 is 9.84 Å². The number of halogens is 1. The molecule has 1 amide bonds. The van der Waals surface area contributed by atoms with Gasteiger partial charge in [-0.2, -0.15) is 5.10 Å². The first kappa shape index (κ1) is 21.5.